The van der Waals surface area contributed by atoms with Crippen LogP contribution in [0.3, 0.4) is 0 Å². The Morgan fingerprint density at radius 2 is 2.20 bits per heavy atom. The predicted molar refractivity (Wildman–Crippen MR) is 56.0 cm³/mol. The lowest BCUT2D eigenvalue weighted by atomic mass is 10.2. The molecule has 0 atom stereocenters. The summed E-state index contributed by atoms with van der Waals surface area (Å²) in [6, 6.07) is 4.42. The van der Waals surface area contributed by atoms with Crippen LogP contribution < -0.4 is 16.3 Å². The van der Waals surface area contributed by atoms with Gasteiger partial charge in [-0.2, -0.15) is 0 Å². The van der Waals surface area contributed by atoms with E-state index in [1.165, 1.54) is 36.7 Å². The molecule has 0 heterocycles. The van der Waals surface area contributed by atoms with E-state index in [9.17, 15) is 4.39 Å². The van der Waals surface area contributed by atoms with Crippen molar-refractivity contribution in [1.29, 1.82) is 0 Å². The van der Waals surface area contributed by atoms with E-state index in [0.29, 0.717) is 17.9 Å². The lowest BCUT2D eigenvalue weighted by molar-refractivity contribution is 0.380. The average Bonchev–Trinajstić information content (AvgIpc) is 2.17. The molecule has 0 aliphatic carbocycles. The van der Waals surface area contributed by atoms with Gasteiger partial charge in [-0.15, -0.1) is 0 Å². The van der Waals surface area contributed by atoms with Crippen LogP contribution in [-0.4, -0.2) is 12.1 Å². The van der Waals surface area contributed by atoms with Gasteiger partial charge in [-0.05, 0) is 17.7 Å². The fourth-order valence-corrected chi connectivity index (χ4v) is 1.20. The molecule has 5 heteroatoms. The summed E-state index contributed by atoms with van der Waals surface area (Å²) < 4.78 is 18.0. The molecule has 0 aliphatic heterocycles. The molecule has 0 saturated heterocycles. The quantitative estimate of drug-likeness (QED) is 0.574. The molecule has 0 bridgehead atoms. The van der Waals surface area contributed by atoms with E-state index in [0.717, 1.165) is 0 Å². The van der Waals surface area contributed by atoms with E-state index >= 15 is 0 Å². The Labute approximate surface area is 87.9 Å². The highest BCUT2D eigenvalue weighted by molar-refractivity contribution is 5.29. The highest BCUT2D eigenvalue weighted by Crippen LogP contribution is 2.16. The normalized spacial score (nSPS) is 10.6. The number of halogens is 1. The zero-order chi connectivity index (χ0) is 11.3. The van der Waals surface area contributed by atoms with Gasteiger partial charge in [0.2, 0.25) is 0 Å². The van der Waals surface area contributed by atoms with Crippen LogP contribution in [0.2, 0.25) is 0 Å². The van der Waals surface area contributed by atoms with Crippen molar-refractivity contribution in [2.24, 2.45) is 11.6 Å². The van der Waals surface area contributed by atoms with E-state index in [2.05, 4.69) is 0 Å². The zero-order valence-electron chi connectivity index (χ0n) is 8.48. The number of benzene rings is 1. The summed E-state index contributed by atoms with van der Waals surface area (Å²) in [5, 5.41) is 1.36. The van der Waals surface area contributed by atoms with Gasteiger partial charge < -0.3 is 15.5 Å². The highest BCUT2D eigenvalue weighted by Gasteiger charge is 2.02. The van der Waals surface area contributed by atoms with Gasteiger partial charge in [0.05, 0.1) is 13.7 Å². The monoisotopic (exact) mass is 211 g/mol. The molecule has 0 radical (unpaired) electrons. The Morgan fingerprint density at radius 1 is 1.47 bits per heavy atom. The highest BCUT2D eigenvalue weighted by atomic mass is 19.1. The van der Waals surface area contributed by atoms with Crippen molar-refractivity contribution in [2.45, 2.75) is 6.54 Å². The molecule has 4 N–H and O–H groups in total. The Kier molecular flexibility index (Phi) is 3.93. The maximum absolute atomic E-state index is 13.1. The number of hydrogen-bond acceptors (Lipinski definition) is 4. The second kappa shape index (κ2) is 5.21. The minimum atomic E-state index is -0.352. The third-order valence-corrected chi connectivity index (χ3v) is 1.81. The molecule has 0 amide bonds. The van der Waals surface area contributed by atoms with Crippen molar-refractivity contribution >= 4 is 0 Å². The van der Waals surface area contributed by atoms with Crippen LogP contribution >= 0.6 is 0 Å². The molecule has 15 heavy (non-hydrogen) atoms. The summed E-state index contributed by atoms with van der Waals surface area (Å²) in [5.74, 6) is 5.68. The first kappa shape index (κ1) is 11.3. The van der Waals surface area contributed by atoms with Crippen LogP contribution in [0.4, 0.5) is 4.39 Å². The van der Waals surface area contributed by atoms with Gasteiger partial charge in [0.25, 0.3) is 0 Å². The standard InChI is InChI=1S/C10H14FN3O/c1-15-10-5-8(4-9(11)6-10)7-14(13)3-2-12/h2-6H,7,12-13H2,1H3/b3-2-. The molecule has 0 saturated carbocycles. The van der Waals surface area contributed by atoms with Crippen molar-refractivity contribution in [3.8, 4) is 5.75 Å². The Bertz CT molecular complexity index is 355. The first-order valence-electron chi connectivity index (χ1n) is 4.39. The number of hydrogen-bond donors (Lipinski definition) is 2. The summed E-state index contributed by atoms with van der Waals surface area (Å²) in [7, 11) is 1.48. The number of ether oxygens (including phenoxy) is 1. The number of methoxy groups -OCH3 is 1. The molecule has 1 aromatic carbocycles. The second-order valence-corrected chi connectivity index (χ2v) is 3.01. The Morgan fingerprint density at radius 3 is 2.80 bits per heavy atom. The van der Waals surface area contributed by atoms with E-state index in [1.54, 1.807) is 6.07 Å². The third-order valence-electron chi connectivity index (χ3n) is 1.81. The molecule has 1 aromatic rings. The fraction of sp³-hybridized carbons (Fsp3) is 0.200. The lowest BCUT2D eigenvalue weighted by Crippen LogP contribution is -2.24. The van der Waals surface area contributed by atoms with Crippen LogP contribution in [0, 0.1) is 5.82 Å². The molecule has 1 rings (SSSR count). The predicted octanol–water partition coefficient (Wildman–Crippen LogP) is 0.940. The largest absolute Gasteiger partial charge is 0.497 e. The molecule has 0 aromatic heterocycles. The molecular weight excluding hydrogens is 197 g/mol. The number of nitrogens with zero attached hydrogens (tertiary/aromatic N) is 1. The molecule has 0 fully saturated rings. The molecule has 0 aliphatic rings. The van der Waals surface area contributed by atoms with E-state index in [-0.39, 0.29) is 5.82 Å². The average molecular weight is 211 g/mol. The lowest BCUT2D eigenvalue weighted by Gasteiger charge is -2.13. The molecule has 4 nitrogen and oxygen atoms in total. The SMILES string of the molecule is COc1cc(F)cc(CN(N)/C=C\N)c1. The van der Waals surface area contributed by atoms with Crippen molar-refractivity contribution in [3.63, 3.8) is 0 Å². The van der Waals surface area contributed by atoms with Gasteiger partial charge in [-0.1, -0.05) is 0 Å². The van der Waals surface area contributed by atoms with Gasteiger partial charge in [-0.3, -0.25) is 0 Å². The van der Waals surface area contributed by atoms with Crippen LogP contribution in [0.5, 0.6) is 5.75 Å². The third kappa shape index (κ3) is 3.47. The van der Waals surface area contributed by atoms with Crippen LogP contribution in [0.15, 0.2) is 30.6 Å². The van der Waals surface area contributed by atoms with Crippen molar-refractivity contribution < 1.29 is 9.13 Å². The summed E-state index contributed by atoms with van der Waals surface area (Å²) >= 11 is 0. The van der Waals surface area contributed by atoms with Gasteiger partial charge in [0.15, 0.2) is 0 Å². The second-order valence-electron chi connectivity index (χ2n) is 3.01. The van der Waals surface area contributed by atoms with Gasteiger partial charge in [-0.25, -0.2) is 10.2 Å². The van der Waals surface area contributed by atoms with Gasteiger partial charge in [0.1, 0.15) is 11.6 Å². The summed E-state index contributed by atoms with van der Waals surface area (Å²) in [5.41, 5.74) is 5.88. The first-order valence-corrected chi connectivity index (χ1v) is 4.39. The number of hydrazine groups is 1. The van der Waals surface area contributed by atoms with Crippen LogP contribution in [0.25, 0.3) is 0 Å². The Balaban J connectivity index is 2.80. The zero-order valence-corrected chi connectivity index (χ0v) is 8.48. The van der Waals surface area contributed by atoms with Crippen molar-refractivity contribution in [3.05, 3.63) is 42.0 Å². The Hall–Kier alpha value is -1.75. The van der Waals surface area contributed by atoms with E-state index < -0.39 is 0 Å². The van der Waals surface area contributed by atoms with E-state index in [1.807, 2.05) is 0 Å². The minimum absolute atomic E-state index is 0.352. The maximum Gasteiger partial charge on any atom is 0.127 e. The summed E-state index contributed by atoms with van der Waals surface area (Å²) in [4.78, 5) is 0. The summed E-state index contributed by atoms with van der Waals surface area (Å²) in [6.45, 7) is 0.363. The minimum Gasteiger partial charge on any atom is -0.497 e. The molecular formula is C10H14FN3O. The number of nitrogens with two attached hydrogens (primary N) is 2. The maximum atomic E-state index is 13.1. The smallest absolute Gasteiger partial charge is 0.127 e. The van der Waals surface area contributed by atoms with E-state index in [4.69, 9.17) is 16.3 Å². The molecule has 0 unspecified atom stereocenters. The number of rotatable bonds is 4. The van der Waals surface area contributed by atoms with Crippen molar-refractivity contribution in [1.82, 2.24) is 5.01 Å². The van der Waals surface area contributed by atoms with Gasteiger partial charge in [0, 0.05) is 18.5 Å². The van der Waals surface area contributed by atoms with Crippen LogP contribution in [-0.2, 0) is 6.54 Å². The van der Waals surface area contributed by atoms with Gasteiger partial charge >= 0.3 is 0 Å². The first-order chi connectivity index (χ1) is 7.15. The molecule has 0 spiro atoms. The fourth-order valence-electron chi connectivity index (χ4n) is 1.20. The summed E-state index contributed by atoms with van der Waals surface area (Å²) in [6.07, 6.45) is 2.81. The molecule has 82 valence electrons. The topological polar surface area (TPSA) is 64.5 Å². The van der Waals surface area contributed by atoms with Crippen molar-refractivity contribution in [2.75, 3.05) is 7.11 Å². The van der Waals surface area contributed by atoms with Crippen LogP contribution in [0.1, 0.15) is 5.56 Å².